The molecule has 0 spiro atoms. The van der Waals surface area contributed by atoms with Gasteiger partial charge < -0.3 is 4.90 Å². The van der Waals surface area contributed by atoms with Gasteiger partial charge >= 0.3 is 0 Å². The Bertz CT molecular complexity index is 635. The van der Waals surface area contributed by atoms with E-state index in [1.165, 1.54) is 31.1 Å². The van der Waals surface area contributed by atoms with Gasteiger partial charge in [0.1, 0.15) is 4.90 Å². The molecule has 0 saturated heterocycles. The van der Waals surface area contributed by atoms with Crippen LogP contribution < -0.4 is 4.72 Å². The van der Waals surface area contributed by atoms with E-state index < -0.39 is 15.9 Å². The van der Waals surface area contributed by atoms with E-state index in [1.54, 1.807) is 0 Å². The van der Waals surface area contributed by atoms with Crippen molar-refractivity contribution in [2.45, 2.75) is 4.90 Å². The van der Waals surface area contributed by atoms with Crippen molar-refractivity contribution in [3.8, 4) is 6.07 Å². The molecule has 6 nitrogen and oxygen atoms in total. The fraction of sp³-hybridized carbons (Fsp3) is 0.273. The summed E-state index contributed by atoms with van der Waals surface area (Å²) in [4.78, 5) is 12.4. The van der Waals surface area contributed by atoms with E-state index in [9.17, 15) is 13.2 Å². The molecule has 0 bridgehead atoms. The highest BCUT2D eigenvalue weighted by Crippen LogP contribution is 2.22. The van der Waals surface area contributed by atoms with Gasteiger partial charge in [0.15, 0.2) is 0 Å². The van der Waals surface area contributed by atoms with Crippen molar-refractivity contribution in [1.82, 2.24) is 9.62 Å². The Labute approximate surface area is 116 Å². The second-order valence-electron chi connectivity index (χ2n) is 3.87. The fourth-order valence-electron chi connectivity index (χ4n) is 1.17. The quantitative estimate of drug-likeness (QED) is 0.880. The molecule has 0 atom stereocenters. The predicted octanol–water partition coefficient (Wildman–Crippen LogP) is 0.578. The summed E-state index contributed by atoms with van der Waals surface area (Å²) in [5.41, 5.74) is 0.170. The summed E-state index contributed by atoms with van der Waals surface area (Å²) in [6, 6.07) is 5.71. The van der Waals surface area contributed by atoms with Crippen LogP contribution in [0.1, 0.15) is 5.56 Å². The topological polar surface area (TPSA) is 90.3 Å². The number of carbonyl (C=O) groups excluding carboxylic acids is 1. The van der Waals surface area contributed by atoms with Crippen molar-refractivity contribution >= 4 is 27.5 Å². The van der Waals surface area contributed by atoms with E-state index in [0.29, 0.717) is 0 Å². The lowest BCUT2D eigenvalue weighted by Crippen LogP contribution is -2.36. The minimum absolute atomic E-state index is 0.0104. The number of nitrogens with zero attached hydrogens (tertiary/aromatic N) is 2. The van der Waals surface area contributed by atoms with Gasteiger partial charge in [-0.1, -0.05) is 11.6 Å². The molecule has 8 heteroatoms. The first-order valence-corrected chi connectivity index (χ1v) is 7.03. The van der Waals surface area contributed by atoms with E-state index in [1.807, 2.05) is 6.07 Å². The smallest absolute Gasteiger partial charge is 0.242 e. The third-order valence-electron chi connectivity index (χ3n) is 2.26. The van der Waals surface area contributed by atoms with Crippen LogP contribution in [0.2, 0.25) is 5.02 Å². The Balaban J connectivity index is 3.01. The summed E-state index contributed by atoms with van der Waals surface area (Å²) in [6.07, 6.45) is 0. The molecule has 19 heavy (non-hydrogen) atoms. The van der Waals surface area contributed by atoms with Gasteiger partial charge in [-0.05, 0) is 18.2 Å². The van der Waals surface area contributed by atoms with E-state index in [2.05, 4.69) is 4.72 Å². The van der Waals surface area contributed by atoms with E-state index >= 15 is 0 Å². The molecular weight excluding hydrogens is 290 g/mol. The second-order valence-corrected chi connectivity index (χ2v) is 6.01. The Morgan fingerprint density at radius 3 is 2.63 bits per heavy atom. The molecule has 1 aromatic carbocycles. The van der Waals surface area contributed by atoms with Gasteiger partial charge in [0.25, 0.3) is 0 Å². The average molecular weight is 302 g/mol. The zero-order valence-corrected chi connectivity index (χ0v) is 11.9. The second kappa shape index (κ2) is 6.02. The molecule has 0 aliphatic rings. The molecule has 1 N–H and O–H groups in total. The zero-order valence-electron chi connectivity index (χ0n) is 10.3. The van der Waals surface area contributed by atoms with Crippen LogP contribution in [0.3, 0.4) is 0 Å². The van der Waals surface area contributed by atoms with Gasteiger partial charge in [0, 0.05) is 14.1 Å². The van der Waals surface area contributed by atoms with Crippen molar-refractivity contribution in [3.63, 3.8) is 0 Å². The van der Waals surface area contributed by atoms with Crippen LogP contribution in [-0.2, 0) is 14.8 Å². The first-order valence-electron chi connectivity index (χ1n) is 5.17. The zero-order chi connectivity index (χ0) is 14.6. The molecule has 0 unspecified atom stereocenters. The van der Waals surface area contributed by atoms with Gasteiger partial charge in [0.05, 0.1) is 23.2 Å². The molecule has 0 radical (unpaired) electrons. The number of nitrogens with one attached hydrogen (secondary N) is 1. The monoisotopic (exact) mass is 301 g/mol. The van der Waals surface area contributed by atoms with Crippen molar-refractivity contribution in [2.75, 3.05) is 20.6 Å². The van der Waals surface area contributed by atoms with E-state index in [0.717, 1.165) is 6.07 Å². The van der Waals surface area contributed by atoms with Gasteiger partial charge in [0.2, 0.25) is 15.9 Å². The van der Waals surface area contributed by atoms with Crippen LogP contribution >= 0.6 is 11.6 Å². The van der Waals surface area contributed by atoms with Crippen LogP contribution in [0.4, 0.5) is 0 Å². The van der Waals surface area contributed by atoms with Gasteiger partial charge in [-0.25, -0.2) is 13.1 Å². The van der Waals surface area contributed by atoms with Crippen LogP contribution in [0, 0.1) is 11.3 Å². The van der Waals surface area contributed by atoms with E-state index in [4.69, 9.17) is 16.9 Å². The van der Waals surface area contributed by atoms with Crippen LogP contribution in [0.5, 0.6) is 0 Å². The lowest BCUT2D eigenvalue weighted by Gasteiger charge is -2.12. The maximum Gasteiger partial charge on any atom is 0.242 e. The van der Waals surface area contributed by atoms with Gasteiger partial charge in [-0.2, -0.15) is 5.26 Å². The lowest BCUT2D eigenvalue weighted by atomic mass is 10.2. The average Bonchev–Trinajstić information content (AvgIpc) is 2.36. The Hall–Kier alpha value is -1.62. The van der Waals surface area contributed by atoms with Gasteiger partial charge in [-0.15, -0.1) is 0 Å². The number of likely N-dealkylation sites (N-methyl/N-ethyl adjacent to an activating group) is 1. The summed E-state index contributed by atoms with van der Waals surface area (Å²) in [7, 11) is -0.905. The lowest BCUT2D eigenvalue weighted by molar-refractivity contribution is -0.127. The molecule has 0 heterocycles. The third-order valence-corrected chi connectivity index (χ3v) is 4.14. The number of sulfonamides is 1. The summed E-state index contributed by atoms with van der Waals surface area (Å²) in [5, 5.41) is 8.73. The molecule has 0 fully saturated rings. The minimum atomic E-state index is -3.93. The molecule has 102 valence electrons. The number of amides is 1. The number of hydrogen-bond acceptors (Lipinski definition) is 4. The fourth-order valence-corrected chi connectivity index (χ4v) is 2.67. The van der Waals surface area contributed by atoms with Crippen LogP contribution in [0.15, 0.2) is 23.1 Å². The van der Waals surface area contributed by atoms with Crippen molar-refractivity contribution in [2.24, 2.45) is 0 Å². The molecule has 0 aliphatic heterocycles. The number of nitriles is 1. The third kappa shape index (κ3) is 3.92. The molecule has 0 saturated carbocycles. The summed E-state index contributed by atoms with van der Waals surface area (Å²) in [6.45, 7) is -0.373. The predicted molar refractivity (Wildman–Crippen MR) is 70.0 cm³/mol. The largest absolute Gasteiger partial charge is 0.348 e. The highest BCUT2D eigenvalue weighted by atomic mass is 35.5. The highest BCUT2D eigenvalue weighted by molar-refractivity contribution is 7.89. The Kier molecular flexibility index (Phi) is 4.89. The molecular formula is C11H12ClN3O3S. The number of halogens is 1. The van der Waals surface area contributed by atoms with Crippen LogP contribution in [-0.4, -0.2) is 39.9 Å². The van der Waals surface area contributed by atoms with Crippen LogP contribution in [0.25, 0.3) is 0 Å². The Morgan fingerprint density at radius 1 is 1.47 bits per heavy atom. The molecule has 0 aliphatic carbocycles. The SMILES string of the molecule is CN(C)C(=O)CNS(=O)(=O)c1cc(C#N)ccc1Cl. The first kappa shape index (κ1) is 15.4. The van der Waals surface area contributed by atoms with Crippen molar-refractivity contribution in [1.29, 1.82) is 5.26 Å². The summed E-state index contributed by atoms with van der Waals surface area (Å²) >= 11 is 5.79. The number of benzene rings is 1. The minimum Gasteiger partial charge on any atom is -0.348 e. The Morgan fingerprint density at radius 2 is 2.11 bits per heavy atom. The molecule has 1 aromatic rings. The number of hydrogen-bond donors (Lipinski definition) is 1. The van der Waals surface area contributed by atoms with Crippen molar-refractivity contribution in [3.05, 3.63) is 28.8 Å². The maximum absolute atomic E-state index is 12.0. The molecule has 0 aromatic heterocycles. The normalized spacial score (nSPS) is 10.8. The maximum atomic E-state index is 12.0. The standard InChI is InChI=1S/C11H12ClN3O3S/c1-15(2)11(16)7-14-19(17,18)10-5-8(6-13)3-4-9(10)12/h3-5,14H,7H2,1-2H3. The summed E-state index contributed by atoms with van der Waals surface area (Å²) in [5.74, 6) is -0.392. The summed E-state index contributed by atoms with van der Waals surface area (Å²) < 4.78 is 26.1. The molecule has 1 rings (SSSR count). The van der Waals surface area contributed by atoms with Crippen molar-refractivity contribution < 1.29 is 13.2 Å². The highest BCUT2D eigenvalue weighted by Gasteiger charge is 2.20. The number of carbonyl (C=O) groups is 1. The van der Waals surface area contributed by atoms with Gasteiger partial charge in [-0.3, -0.25) is 4.79 Å². The first-order chi connectivity index (χ1) is 8.77. The van der Waals surface area contributed by atoms with E-state index in [-0.39, 0.29) is 22.0 Å². The number of rotatable bonds is 4. The molecule has 1 amide bonds.